The Balaban J connectivity index is 1.80. The highest BCUT2D eigenvalue weighted by atomic mass is 79.9. The first-order valence-electron chi connectivity index (χ1n) is 7.42. The van der Waals surface area contributed by atoms with Crippen LogP contribution in [0.15, 0.2) is 18.2 Å². The summed E-state index contributed by atoms with van der Waals surface area (Å²) in [5.41, 5.74) is 1.99. The van der Waals surface area contributed by atoms with Crippen molar-refractivity contribution in [3.63, 3.8) is 0 Å². The van der Waals surface area contributed by atoms with Gasteiger partial charge in [0.05, 0.1) is 6.61 Å². The Morgan fingerprint density at radius 1 is 1.40 bits per heavy atom. The molecule has 108 valence electrons. The zero-order chi connectivity index (χ0) is 13.9. The molecule has 2 aliphatic heterocycles. The van der Waals surface area contributed by atoms with Crippen LogP contribution in [0, 0.1) is 0 Å². The normalized spacial score (nSPS) is 21.4. The molecule has 0 bridgehead atoms. The summed E-state index contributed by atoms with van der Waals surface area (Å²) in [6.45, 7) is 1.63. The molecule has 0 radical (unpaired) electrons. The first-order valence-corrected chi connectivity index (χ1v) is 8.54. The average molecular weight is 338 g/mol. The highest BCUT2D eigenvalue weighted by molar-refractivity contribution is 9.09. The molecule has 1 unspecified atom stereocenters. The van der Waals surface area contributed by atoms with Gasteiger partial charge in [0.2, 0.25) is 0 Å². The number of ether oxygens (including phenoxy) is 1. The number of hydrogen-bond acceptors (Lipinski definition) is 2. The summed E-state index contributed by atoms with van der Waals surface area (Å²) in [5.74, 6) is 1.13. The molecule has 2 aliphatic rings. The number of nitrogens with zero attached hydrogens (tertiary/aromatic N) is 1. The van der Waals surface area contributed by atoms with Crippen LogP contribution in [0.2, 0.25) is 0 Å². The molecular formula is C16H20BrNO2. The Bertz CT molecular complexity index is 501. The van der Waals surface area contributed by atoms with Crippen molar-refractivity contribution in [2.75, 3.05) is 18.5 Å². The third kappa shape index (κ3) is 2.71. The van der Waals surface area contributed by atoms with E-state index in [4.69, 9.17) is 4.74 Å². The Morgan fingerprint density at radius 2 is 2.30 bits per heavy atom. The van der Waals surface area contributed by atoms with E-state index in [2.05, 4.69) is 20.8 Å². The summed E-state index contributed by atoms with van der Waals surface area (Å²) < 4.78 is 5.51. The number of piperidine rings is 1. The maximum atomic E-state index is 12.8. The van der Waals surface area contributed by atoms with Gasteiger partial charge in [-0.15, -0.1) is 0 Å². The van der Waals surface area contributed by atoms with Gasteiger partial charge in [0.1, 0.15) is 5.75 Å². The molecule has 3 nitrogen and oxygen atoms in total. The first kappa shape index (κ1) is 13.9. The molecule has 4 heteroatoms. The second-order valence-corrected chi connectivity index (χ2v) is 6.34. The lowest BCUT2D eigenvalue weighted by molar-refractivity contribution is 0.0610. The average Bonchev–Trinajstić information content (AvgIpc) is 2.95. The van der Waals surface area contributed by atoms with E-state index in [0.29, 0.717) is 6.04 Å². The summed E-state index contributed by atoms with van der Waals surface area (Å²) in [7, 11) is 0. The van der Waals surface area contributed by atoms with E-state index >= 15 is 0 Å². The second-order valence-electron chi connectivity index (χ2n) is 5.55. The predicted molar refractivity (Wildman–Crippen MR) is 82.7 cm³/mol. The Labute approximate surface area is 128 Å². The van der Waals surface area contributed by atoms with Crippen LogP contribution in [-0.2, 0) is 6.42 Å². The first-order chi connectivity index (χ1) is 9.79. The molecule has 0 N–H and O–H groups in total. The van der Waals surface area contributed by atoms with Gasteiger partial charge in [0.25, 0.3) is 5.91 Å². The summed E-state index contributed by atoms with van der Waals surface area (Å²) in [5, 5.41) is 0.958. The molecule has 3 rings (SSSR count). The lowest BCUT2D eigenvalue weighted by atomic mass is 9.98. The summed E-state index contributed by atoms with van der Waals surface area (Å²) in [6, 6.07) is 6.26. The fraction of sp³-hybridized carbons (Fsp3) is 0.562. The van der Waals surface area contributed by atoms with Crippen LogP contribution in [0.25, 0.3) is 0 Å². The Morgan fingerprint density at radius 3 is 3.15 bits per heavy atom. The van der Waals surface area contributed by atoms with Gasteiger partial charge in [0, 0.05) is 29.9 Å². The van der Waals surface area contributed by atoms with Crippen molar-refractivity contribution in [3.8, 4) is 5.75 Å². The number of amides is 1. The Kier molecular flexibility index (Phi) is 4.29. The molecule has 20 heavy (non-hydrogen) atoms. The smallest absolute Gasteiger partial charge is 0.254 e. The molecular weight excluding hydrogens is 318 g/mol. The Hall–Kier alpha value is -1.03. The zero-order valence-electron chi connectivity index (χ0n) is 11.6. The zero-order valence-corrected chi connectivity index (χ0v) is 13.2. The lowest BCUT2D eigenvalue weighted by Gasteiger charge is -2.35. The molecule has 1 atom stereocenters. The second kappa shape index (κ2) is 6.17. The molecule has 0 saturated carbocycles. The molecule has 1 amide bonds. The van der Waals surface area contributed by atoms with Crippen LogP contribution in [0.1, 0.15) is 41.6 Å². The van der Waals surface area contributed by atoms with E-state index in [-0.39, 0.29) is 5.91 Å². The van der Waals surface area contributed by atoms with Crippen molar-refractivity contribution in [1.82, 2.24) is 4.90 Å². The number of benzene rings is 1. The summed E-state index contributed by atoms with van der Waals surface area (Å²) >= 11 is 3.50. The molecule has 1 fully saturated rings. The number of fused-ring (bicyclic) bond motifs is 1. The van der Waals surface area contributed by atoms with E-state index in [0.717, 1.165) is 55.5 Å². The highest BCUT2D eigenvalue weighted by Gasteiger charge is 2.27. The van der Waals surface area contributed by atoms with Gasteiger partial charge in [-0.25, -0.2) is 0 Å². The number of carbonyl (C=O) groups is 1. The number of halogens is 1. The van der Waals surface area contributed by atoms with Crippen LogP contribution in [0.4, 0.5) is 0 Å². The van der Waals surface area contributed by atoms with Crippen LogP contribution in [-0.4, -0.2) is 35.3 Å². The van der Waals surface area contributed by atoms with Crippen molar-refractivity contribution in [1.29, 1.82) is 0 Å². The van der Waals surface area contributed by atoms with E-state index in [1.165, 1.54) is 12.0 Å². The van der Waals surface area contributed by atoms with Crippen molar-refractivity contribution >= 4 is 21.8 Å². The van der Waals surface area contributed by atoms with Gasteiger partial charge in [-0.1, -0.05) is 15.9 Å². The third-order valence-corrected chi connectivity index (χ3v) is 4.72. The molecule has 1 saturated heterocycles. The van der Waals surface area contributed by atoms with Gasteiger partial charge in [-0.3, -0.25) is 4.79 Å². The lowest BCUT2D eigenvalue weighted by Crippen LogP contribution is -2.43. The monoisotopic (exact) mass is 337 g/mol. The number of hydrogen-bond donors (Lipinski definition) is 0. The molecule has 0 aromatic heterocycles. The minimum Gasteiger partial charge on any atom is -0.493 e. The van der Waals surface area contributed by atoms with E-state index < -0.39 is 0 Å². The van der Waals surface area contributed by atoms with Crippen LogP contribution in [0.3, 0.4) is 0 Å². The number of carbonyl (C=O) groups excluding carboxylic acids is 1. The van der Waals surface area contributed by atoms with Gasteiger partial charge < -0.3 is 9.64 Å². The molecule has 1 aromatic rings. The predicted octanol–water partition coefficient (Wildman–Crippen LogP) is 3.40. The van der Waals surface area contributed by atoms with Crippen LogP contribution >= 0.6 is 15.9 Å². The van der Waals surface area contributed by atoms with E-state index in [1.807, 2.05) is 18.2 Å². The van der Waals surface area contributed by atoms with Crippen molar-refractivity contribution in [3.05, 3.63) is 29.3 Å². The fourth-order valence-corrected chi connectivity index (χ4v) is 3.71. The number of alkyl halides is 1. The number of likely N-dealkylation sites (tertiary alicyclic amines) is 1. The maximum Gasteiger partial charge on any atom is 0.254 e. The summed E-state index contributed by atoms with van der Waals surface area (Å²) in [6.07, 6.45) is 5.45. The molecule has 2 heterocycles. The molecule has 1 aromatic carbocycles. The molecule has 0 spiro atoms. The minimum absolute atomic E-state index is 0.186. The van der Waals surface area contributed by atoms with Crippen LogP contribution in [0.5, 0.6) is 5.75 Å². The van der Waals surface area contributed by atoms with Gasteiger partial charge >= 0.3 is 0 Å². The fourth-order valence-electron chi connectivity index (χ4n) is 3.18. The minimum atomic E-state index is 0.186. The standard InChI is InChI=1S/C16H20BrNO2/c17-8-6-14-3-1-2-9-18(14)16(19)13-4-5-15-12(11-13)7-10-20-15/h4-5,11,14H,1-3,6-10H2. The van der Waals surface area contributed by atoms with Gasteiger partial charge in [-0.2, -0.15) is 0 Å². The maximum absolute atomic E-state index is 12.8. The molecule has 0 aliphatic carbocycles. The topological polar surface area (TPSA) is 29.5 Å². The third-order valence-electron chi connectivity index (χ3n) is 4.27. The van der Waals surface area contributed by atoms with Crippen LogP contribution < -0.4 is 4.74 Å². The highest BCUT2D eigenvalue weighted by Crippen LogP contribution is 2.28. The van der Waals surface area contributed by atoms with Gasteiger partial charge in [0.15, 0.2) is 0 Å². The van der Waals surface area contributed by atoms with Gasteiger partial charge in [-0.05, 0) is 49.4 Å². The van der Waals surface area contributed by atoms with E-state index in [9.17, 15) is 4.79 Å². The van der Waals surface area contributed by atoms with Crippen molar-refractivity contribution in [2.45, 2.75) is 38.1 Å². The van der Waals surface area contributed by atoms with Crippen molar-refractivity contribution in [2.24, 2.45) is 0 Å². The summed E-state index contributed by atoms with van der Waals surface area (Å²) in [4.78, 5) is 14.8. The SMILES string of the molecule is O=C(c1ccc2c(c1)CCO2)N1CCCCC1CCBr. The largest absolute Gasteiger partial charge is 0.493 e. The van der Waals surface area contributed by atoms with E-state index in [1.54, 1.807) is 0 Å². The van der Waals surface area contributed by atoms with Crippen molar-refractivity contribution < 1.29 is 9.53 Å². The quantitative estimate of drug-likeness (QED) is 0.791. The number of rotatable bonds is 3.